The van der Waals surface area contributed by atoms with Gasteiger partial charge in [-0.1, -0.05) is 32.5 Å². The summed E-state index contributed by atoms with van der Waals surface area (Å²) in [5.41, 5.74) is 12.9. The number of ether oxygens (including phenoxy) is 4. The first-order chi connectivity index (χ1) is 57.9. The van der Waals surface area contributed by atoms with Gasteiger partial charge in [-0.25, -0.2) is 39.9 Å². The lowest BCUT2D eigenvalue weighted by atomic mass is 10.1. The summed E-state index contributed by atoms with van der Waals surface area (Å²) in [6.07, 6.45) is 23.4. The molecule has 4 N–H and O–H groups in total. The van der Waals surface area contributed by atoms with Gasteiger partial charge in [-0.05, 0) is 177 Å². The quantitative estimate of drug-likeness (QED) is 0.0551. The number of benzene rings is 1. The number of rotatable bonds is 20. The van der Waals surface area contributed by atoms with E-state index in [1.807, 2.05) is 62.9 Å². The molecule has 8 fully saturated rings. The van der Waals surface area contributed by atoms with Crippen LogP contribution in [0.1, 0.15) is 137 Å². The van der Waals surface area contributed by atoms with Gasteiger partial charge in [0.15, 0.2) is 0 Å². The summed E-state index contributed by atoms with van der Waals surface area (Å²) in [5.74, 6) is 10.2. The standard InChI is InChI=1S/C26H30N6O2.C22H32N6O.C21H30N6O.C20H28N6O.CH4/c1-19-16-23(29-25(33)20-8-4-2-5-9-20)27-18-21(19)22-17-24(31-12-14-34-15-13-31)30-26(28-22)32-10-6-3-7-11-32;1-3-7-23-20-14-17(2)18(16-24-20)19-15-21(27-10-12-29-13-11-27)26-22(25-19)28-8-5-4-6-9-28;1-3-22-19-13-16(2)17(15-23-19)18-14-20(26-9-11-28-12-10-26)25-21(24-18)27-7-5-4-6-8-27;1-15-12-18(21-2)22-14-16(15)17-13-19(25-8-10-27-11-9-25)24-20(23-17)26-6-4-3-5-7-26;/h2,4-5,8-9,16-18H,3,6-7,10-15H2,1H3,(H,27,29,33);14-16H,3-13H2,1-2H3,(H,23,24);13-15H,3-12H2,1-2H3,(H,22,23);12-14H,3-11H2,1-2H3,(H,21,22);1H4. The SMILES string of the molecule is C.CCCNc1cc(C)c(-c2cc(N3CCOCC3)nc(N3CCCCC3)n2)cn1.CCNc1cc(C)c(-c2cc(N3CCOCC3)nc(N3CCCCC3)n2)cn1.CNc1cc(C)c(-c2cc(N3CCOCC3)nc(N3CCCCC3)n2)cn1.Cc1cc(NC(=O)c2ccccc2)ncc1-c1cc(N2CCOCC2)nc(N2CCCCC2)n1. The second-order valence-electron chi connectivity index (χ2n) is 31.3. The minimum atomic E-state index is -0.177. The molecule has 0 spiro atoms. The summed E-state index contributed by atoms with van der Waals surface area (Å²) >= 11 is 0. The van der Waals surface area contributed by atoms with E-state index in [2.05, 4.69) is 151 Å². The lowest BCUT2D eigenvalue weighted by Gasteiger charge is -2.31. The molecule has 0 atom stereocenters. The Labute approximate surface area is 703 Å². The zero-order valence-electron chi connectivity index (χ0n) is 70.4. The molecule has 0 bridgehead atoms. The summed E-state index contributed by atoms with van der Waals surface area (Å²) in [6, 6.07) is 25.7. The van der Waals surface area contributed by atoms with E-state index in [0.717, 1.165) is 297 Å². The van der Waals surface area contributed by atoms with E-state index in [1.165, 1.54) is 75.3 Å². The van der Waals surface area contributed by atoms with Gasteiger partial charge < -0.3 is 79.4 Å². The third-order valence-electron chi connectivity index (χ3n) is 22.7. The normalized spacial score (nSPS) is 17.1. The second kappa shape index (κ2) is 43.3. The zero-order valence-corrected chi connectivity index (χ0v) is 70.4. The van der Waals surface area contributed by atoms with Gasteiger partial charge in [-0.2, -0.15) is 19.9 Å². The van der Waals surface area contributed by atoms with Gasteiger partial charge >= 0.3 is 0 Å². The van der Waals surface area contributed by atoms with Crippen LogP contribution in [-0.4, -0.2) is 243 Å². The smallest absolute Gasteiger partial charge is 0.256 e. The maximum absolute atomic E-state index is 12.5. The Kier molecular flexibility index (Phi) is 31.3. The Hall–Kier alpha value is -10.8. The fourth-order valence-corrected chi connectivity index (χ4v) is 15.9. The fraction of sp³-hybridized carbons (Fsp3) is 0.522. The predicted molar refractivity (Wildman–Crippen MR) is 480 cm³/mol. The van der Waals surface area contributed by atoms with Crippen molar-refractivity contribution in [1.29, 1.82) is 0 Å². The molecule has 1 amide bonds. The molecule has 8 aromatic heterocycles. The van der Waals surface area contributed by atoms with Gasteiger partial charge in [0.1, 0.15) is 46.5 Å². The van der Waals surface area contributed by atoms with Gasteiger partial charge in [0.05, 0.1) is 75.6 Å². The van der Waals surface area contributed by atoms with Crippen molar-refractivity contribution < 1.29 is 23.7 Å². The molecule has 0 radical (unpaired) electrons. The maximum atomic E-state index is 12.5. The third-order valence-corrected chi connectivity index (χ3v) is 22.7. The van der Waals surface area contributed by atoms with Crippen molar-refractivity contribution in [3.05, 3.63) is 131 Å². The molecular formula is C90H124N24O5. The van der Waals surface area contributed by atoms with Gasteiger partial charge in [0, 0.05) is 202 Å². The van der Waals surface area contributed by atoms with Crippen molar-refractivity contribution >= 4 is 76.2 Å². The number of morpholine rings is 4. The first-order valence-electron chi connectivity index (χ1n) is 43.2. The molecule has 29 heteroatoms. The number of nitrogens with zero attached hydrogens (tertiary/aromatic N) is 20. The molecule has 8 saturated heterocycles. The number of aryl methyl sites for hydroxylation is 4. The topological polar surface area (TPSA) is 283 Å². The van der Waals surface area contributed by atoms with Crippen LogP contribution >= 0.6 is 0 Å². The summed E-state index contributed by atoms with van der Waals surface area (Å²) in [7, 11) is 1.89. The molecule has 9 aromatic rings. The molecule has 634 valence electrons. The number of hydrogen-bond donors (Lipinski definition) is 4. The second-order valence-corrected chi connectivity index (χ2v) is 31.3. The molecule has 29 nitrogen and oxygen atoms in total. The highest BCUT2D eigenvalue weighted by atomic mass is 16.5. The highest BCUT2D eigenvalue weighted by Crippen LogP contribution is 2.36. The Balaban J connectivity index is 0.000000137. The molecular weight excluding hydrogens is 1500 g/mol. The van der Waals surface area contributed by atoms with Crippen LogP contribution in [0.2, 0.25) is 0 Å². The average molecular weight is 1620 g/mol. The van der Waals surface area contributed by atoms with Gasteiger partial charge in [0.2, 0.25) is 23.8 Å². The predicted octanol–water partition coefficient (Wildman–Crippen LogP) is 13.9. The molecule has 8 aliphatic heterocycles. The lowest BCUT2D eigenvalue weighted by Crippen LogP contribution is -2.37. The van der Waals surface area contributed by atoms with Gasteiger partial charge in [-0.3, -0.25) is 4.79 Å². The number of amides is 1. The van der Waals surface area contributed by atoms with Crippen molar-refractivity contribution in [2.75, 3.05) is 238 Å². The Morgan fingerprint density at radius 3 is 0.924 bits per heavy atom. The Morgan fingerprint density at radius 2 is 0.630 bits per heavy atom. The molecule has 8 aliphatic rings. The number of carbonyl (C=O) groups excluding carboxylic acids is 1. The van der Waals surface area contributed by atoms with E-state index in [0.29, 0.717) is 24.6 Å². The minimum Gasteiger partial charge on any atom is -0.378 e. The third kappa shape index (κ3) is 23.2. The van der Waals surface area contributed by atoms with Crippen molar-refractivity contribution in [3.8, 4) is 45.0 Å². The first kappa shape index (κ1) is 86.1. The molecule has 1 aromatic carbocycles. The highest BCUT2D eigenvalue weighted by Gasteiger charge is 2.27. The van der Waals surface area contributed by atoms with E-state index in [1.54, 1.807) is 18.3 Å². The van der Waals surface area contributed by atoms with Crippen molar-refractivity contribution in [3.63, 3.8) is 0 Å². The average Bonchev–Trinajstić information content (AvgIpc) is 0.834. The Bertz CT molecular complexity index is 4560. The summed E-state index contributed by atoms with van der Waals surface area (Å²) in [6.45, 7) is 35.3. The summed E-state index contributed by atoms with van der Waals surface area (Å²) < 4.78 is 22.1. The zero-order chi connectivity index (χ0) is 81.4. The van der Waals surface area contributed by atoms with Crippen molar-refractivity contribution in [2.24, 2.45) is 0 Å². The number of aromatic nitrogens is 12. The molecule has 0 saturated carbocycles. The van der Waals surface area contributed by atoms with Crippen molar-refractivity contribution in [1.82, 2.24) is 59.8 Å². The van der Waals surface area contributed by atoms with E-state index >= 15 is 0 Å². The number of anilines is 12. The highest BCUT2D eigenvalue weighted by molar-refractivity contribution is 6.03. The Morgan fingerprint density at radius 1 is 0.345 bits per heavy atom. The molecule has 16 heterocycles. The van der Waals surface area contributed by atoms with Crippen molar-refractivity contribution in [2.45, 2.75) is 132 Å². The van der Waals surface area contributed by atoms with E-state index in [9.17, 15) is 4.79 Å². The summed E-state index contributed by atoms with van der Waals surface area (Å²) in [5, 5.41) is 12.6. The van der Waals surface area contributed by atoms with Crippen LogP contribution in [0, 0.1) is 27.7 Å². The van der Waals surface area contributed by atoms with Crippen LogP contribution in [0.3, 0.4) is 0 Å². The minimum absolute atomic E-state index is 0. The lowest BCUT2D eigenvalue weighted by molar-refractivity contribution is 0.102. The van der Waals surface area contributed by atoms with Crippen LogP contribution < -0.4 is 60.5 Å². The number of hydrogen-bond acceptors (Lipinski definition) is 28. The van der Waals surface area contributed by atoms with Crippen LogP contribution in [-0.2, 0) is 18.9 Å². The number of piperidine rings is 4. The number of pyridine rings is 4. The van der Waals surface area contributed by atoms with E-state index in [4.69, 9.17) is 58.8 Å². The largest absolute Gasteiger partial charge is 0.378 e. The fourth-order valence-electron chi connectivity index (χ4n) is 15.9. The first-order valence-corrected chi connectivity index (χ1v) is 43.2. The van der Waals surface area contributed by atoms with Gasteiger partial charge in [0.25, 0.3) is 5.91 Å². The summed E-state index contributed by atoms with van der Waals surface area (Å²) in [4.78, 5) is 88.7. The van der Waals surface area contributed by atoms with Crippen LogP contribution in [0.15, 0.2) is 104 Å². The van der Waals surface area contributed by atoms with Crippen LogP contribution in [0.5, 0.6) is 0 Å². The van der Waals surface area contributed by atoms with Crippen LogP contribution in [0.25, 0.3) is 45.0 Å². The molecule has 17 rings (SSSR count). The number of carbonyl (C=O) groups is 1. The van der Waals surface area contributed by atoms with E-state index < -0.39 is 0 Å². The van der Waals surface area contributed by atoms with E-state index in [-0.39, 0.29) is 13.3 Å². The maximum Gasteiger partial charge on any atom is 0.256 e. The number of nitrogens with one attached hydrogen (secondary N) is 4. The van der Waals surface area contributed by atoms with Crippen LogP contribution in [0.4, 0.5) is 70.3 Å². The molecule has 0 unspecified atom stereocenters. The monoisotopic (exact) mass is 1620 g/mol. The van der Waals surface area contributed by atoms with Gasteiger partial charge in [-0.15, -0.1) is 0 Å². The molecule has 119 heavy (non-hydrogen) atoms. The molecule has 0 aliphatic carbocycles.